The second-order valence-electron chi connectivity index (χ2n) is 7.06. The van der Waals surface area contributed by atoms with Crippen LogP contribution in [-0.4, -0.2) is 66.8 Å². The molecule has 140 valence electrons. The van der Waals surface area contributed by atoms with E-state index in [9.17, 15) is 4.79 Å². The lowest BCUT2D eigenvalue weighted by Gasteiger charge is -2.36. The van der Waals surface area contributed by atoms with Crippen molar-refractivity contribution in [2.24, 2.45) is 0 Å². The van der Waals surface area contributed by atoms with Crippen LogP contribution >= 0.6 is 0 Å². The first-order valence-corrected chi connectivity index (χ1v) is 9.38. The van der Waals surface area contributed by atoms with Crippen LogP contribution in [0.5, 0.6) is 5.75 Å². The second kappa shape index (κ2) is 9.01. The topological polar surface area (TPSA) is 53.0 Å². The van der Waals surface area contributed by atoms with E-state index in [4.69, 9.17) is 9.84 Å². The van der Waals surface area contributed by atoms with Crippen LogP contribution in [0.25, 0.3) is 10.8 Å². The number of carboxylic acid groups (broad SMARTS) is 1. The molecule has 5 heteroatoms. The van der Waals surface area contributed by atoms with E-state index in [0.717, 1.165) is 50.0 Å². The second-order valence-corrected chi connectivity index (χ2v) is 7.06. The third-order valence-corrected chi connectivity index (χ3v) is 5.19. The minimum Gasteiger partial charge on any atom is -0.493 e. The quantitative estimate of drug-likeness (QED) is 0.737. The smallest absolute Gasteiger partial charge is 0.317 e. The van der Waals surface area contributed by atoms with E-state index < -0.39 is 5.97 Å². The zero-order valence-electron chi connectivity index (χ0n) is 15.4. The summed E-state index contributed by atoms with van der Waals surface area (Å²) >= 11 is 0. The Morgan fingerprint density at radius 3 is 2.69 bits per heavy atom. The maximum Gasteiger partial charge on any atom is 0.317 e. The van der Waals surface area contributed by atoms with Gasteiger partial charge < -0.3 is 14.7 Å². The Kier molecular flexibility index (Phi) is 6.47. The number of likely N-dealkylation sites (N-methyl/N-ethyl adjacent to an activating group) is 1. The van der Waals surface area contributed by atoms with E-state index in [-0.39, 0.29) is 6.54 Å². The number of piperidine rings is 1. The Morgan fingerprint density at radius 1 is 1.19 bits per heavy atom. The molecule has 3 rings (SSSR count). The summed E-state index contributed by atoms with van der Waals surface area (Å²) in [5, 5.41) is 11.3. The van der Waals surface area contributed by atoms with Crippen molar-refractivity contribution < 1.29 is 14.6 Å². The van der Waals surface area contributed by atoms with Gasteiger partial charge in [-0.1, -0.05) is 36.4 Å². The summed E-state index contributed by atoms with van der Waals surface area (Å²) in [5.74, 6) is 0.206. The predicted octanol–water partition coefficient (Wildman–Crippen LogP) is 3.09. The highest BCUT2D eigenvalue weighted by atomic mass is 16.5. The van der Waals surface area contributed by atoms with Crippen LogP contribution in [0.1, 0.15) is 19.3 Å². The van der Waals surface area contributed by atoms with Crippen molar-refractivity contribution in [2.75, 3.05) is 39.8 Å². The molecule has 0 saturated carbocycles. The van der Waals surface area contributed by atoms with Crippen molar-refractivity contribution in [2.45, 2.75) is 25.3 Å². The molecule has 0 bridgehead atoms. The SMILES string of the molecule is CN(CC(=O)O)C1CCN(CCCOc2cccc3ccccc23)CC1. The summed E-state index contributed by atoms with van der Waals surface area (Å²) in [4.78, 5) is 15.2. The normalized spacial score (nSPS) is 16.2. The lowest BCUT2D eigenvalue weighted by atomic mass is 10.0. The van der Waals surface area contributed by atoms with Gasteiger partial charge in [-0.05, 0) is 50.9 Å². The van der Waals surface area contributed by atoms with Crippen molar-refractivity contribution in [3.63, 3.8) is 0 Å². The number of hydrogen-bond acceptors (Lipinski definition) is 4. The molecule has 0 amide bonds. The molecule has 1 heterocycles. The van der Waals surface area contributed by atoms with E-state index >= 15 is 0 Å². The zero-order chi connectivity index (χ0) is 18.4. The molecule has 26 heavy (non-hydrogen) atoms. The number of benzene rings is 2. The third kappa shape index (κ3) is 4.96. The molecule has 0 radical (unpaired) electrons. The van der Waals surface area contributed by atoms with Gasteiger partial charge in [-0.3, -0.25) is 9.69 Å². The molecule has 0 atom stereocenters. The number of likely N-dealkylation sites (tertiary alicyclic amines) is 1. The number of hydrogen-bond donors (Lipinski definition) is 1. The number of rotatable bonds is 8. The molecule has 0 aliphatic carbocycles. The van der Waals surface area contributed by atoms with Crippen LogP contribution in [0.3, 0.4) is 0 Å². The van der Waals surface area contributed by atoms with E-state index in [0.29, 0.717) is 12.6 Å². The van der Waals surface area contributed by atoms with Gasteiger partial charge in [0.05, 0.1) is 13.2 Å². The highest BCUT2D eigenvalue weighted by Crippen LogP contribution is 2.25. The molecule has 0 aromatic heterocycles. The number of fused-ring (bicyclic) bond motifs is 1. The summed E-state index contributed by atoms with van der Waals surface area (Å²) in [6.45, 7) is 3.93. The van der Waals surface area contributed by atoms with Crippen LogP contribution in [0.2, 0.25) is 0 Å². The summed E-state index contributed by atoms with van der Waals surface area (Å²) in [6.07, 6.45) is 3.07. The minimum atomic E-state index is -0.750. The van der Waals surface area contributed by atoms with Gasteiger partial charge in [0.25, 0.3) is 0 Å². The minimum absolute atomic E-state index is 0.129. The number of carboxylic acids is 1. The Labute approximate surface area is 155 Å². The number of carbonyl (C=O) groups is 1. The van der Waals surface area contributed by atoms with Crippen LogP contribution in [0.15, 0.2) is 42.5 Å². The molecule has 2 aromatic rings. The first kappa shape index (κ1) is 18.7. The van der Waals surface area contributed by atoms with E-state index in [2.05, 4.69) is 23.1 Å². The molecule has 1 aliphatic rings. The van der Waals surface area contributed by atoms with Crippen molar-refractivity contribution in [3.05, 3.63) is 42.5 Å². The molecular formula is C21H28N2O3. The van der Waals surface area contributed by atoms with Gasteiger partial charge in [-0.2, -0.15) is 0 Å². The zero-order valence-corrected chi connectivity index (χ0v) is 15.4. The highest BCUT2D eigenvalue weighted by molar-refractivity contribution is 5.88. The van der Waals surface area contributed by atoms with Crippen LogP contribution < -0.4 is 4.74 Å². The largest absolute Gasteiger partial charge is 0.493 e. The number of aliphatic carboxylic acids is 1. The van der Waals surface area contributed by atoms with Crippen molar-refractivity contribution >= 4 is 16.7 Å². The molecule has 1 saturated heterocycles. The summed E-state index contributed by atoms with van der Waals surface area (Å²) in [7, 11) is 1.91. The highest BCUT2D eigenvalue weighted by Gasteiger charge is 2.23. The van der Waals surface area contributed by atoms with Crippen LogP contribution in [-0.2, 0) is 4.79 Å². The van der Waals surface area contributed by atoms with Gasteiger partial charge in [0.15, 0.2) is 0 Å². The van der Waals surface area contributed by atoms with Crippen LogP contribution in [0, 0.1) is 0 Å². The van der Waals surface area contributed by atoms with E-state index in [1.807, 2.05) is 36.2 Å². The fourth-order valence-corrected chi connectivity index (χ4v) is 3.72. The van der Waals surface area contributed by atoms with Crippen molar-refractivity contribution in [1.82, 2.24) is 9.80 Å². The van der Waals surface area contributed by atoms with Gasteiger partial charge in [0.2, 0.25) is 0 Å². The van der Waals surface area contributed by atoms with Gasteiger partial charge in [0, 0.05) is 18.0 Å². The third-order valence-electron chi connectivity index (χ3n) is 5.19. The standard InChI is InChI=1S/C21H28N2O3/c1-22(16-21(24)25)18-10-13-23(14-11-18)12-5-15-26-20-9-4-7-17-6-2-3-8-19(17)20/h2-4,6-9,18H,5,10-16H2,1H3,(H,24,25). The fourth-order valence-electron chi connectivity index (χ4n) is 3.72. The molecule has 1 N–H and O–H groups in total. The fraction of sp³-hybridized carbons (Fsp3) is 0.476. The van der Waals surface area contributed by atoms with Gasteiger partial charge in [-0.15, -0.1) is 0 Å². The summed E-state index contributed by atoms with van der Waals surface area (Å²) in [6, 6.07) is 14.9. The Bertz CT molecular complexity index is 721. The summed E-state index contributed by atoms with van der Waals surface area (Å²) < 4.78 is 6.01. The molecule has 1 aliphatic heterocycles. The first-order valence-electron chi connectivity index (χ1n) is 9.38. The van der Waals surface area contributed by atoms with Gasteiger partial charge in [-0.25, -0.2) is 0 Å². The molecular weight excluding hydrogens is 328 g/mol. The summed E-state index contributed by atoms with van der Waals surface area (Å²) in [5.41, 5.74) is 0. The number of nitrogens with zero attached hydrogens (tertiary/aromatic N) is 2. The van der Waals surface area contributed by atoms with Crippen molar-refractivity contribution in [1.29, 1.82) is 0 Å². The monoisotopic (exact) mass is 356 g/mol. The molecule has 1 fully saturated rings. The molecule has 5 nitrogen and oxygen atoms in total. The van der Waals surface area contributed by atoms with Crippen LogP contribution in [0.4, 0.5) is 0 Å². The molecule has 2 aromatic carbocycles. The Hall–Kier alpha value is -2.11. The van der Waals surface area contributed by atoms with Gasteiger partial charge in [0.1, 0.15) is 5.75 Å². The number of ether oxygens (including phenoxy) is 1. The Morgan fingerprint density at radius 2 is 1.92 bits per heavy atom. The molecule has 0 unspecified atom stereocenters. The maximum absolute atomic E-state index is 10.8. The molecule has 0 spiro atoms. The van der Waals surface area contributed by atoms with Crippen molar-refractivity contribution in [3.8, 4) is 5.75 Å². The van der Waals surface area contributed by atoms with E-state index in [1.165, 1.54) is 5.39 Å². The van der Waals surface area contributed by atoms with Gasteiger partial charge >= 0.3 is 5.97 Å². The maximum atomic E-state index is 10.8. The first-order chi connectivity index (χ1) is 12.6. The Balaban J connectivity index is 1.39. The lowest BCUT2D eigenvalue weighted by Crippen LogP contribution is -2.45. The average molecular weight is 356 g/mol. The van der Waals surface area contributed by atoms with E-state index in [1.54, 1.807) is 0 Å². The predicted molar refractivity (Wildman–Crippen MR) is 104 cm³/mol. The average Bonchev–Trinajstić information content (AvgIpc) is 2.65. The lowest BCUT2D eigenvalue weighted by molar-refractivity contribution is -0.138.